The molecule has 0 unspecified atom stereocenters. The van der Waals surface area contributed by atoms with Crippen molar-refractivity contribution >= 4 is 11.7 Å². The third-order valence-corrected chi connectivity index (χ3v) is 2.22. The molecule has 0 radical (unpaired) electrons. The molecular formula is C12H12N2O3. The Bertz CT molecular complexity index is 517. The van der Waals surface area contributed by atoms with Gasteiger partial charge in [0.15, 0.2) is 5.82 Å². The van der Waals surface area contributed by atoms with E-state index in [1.165, 1.54) is 0 Å². The third-order valence-electron chi connectivity index (χ3n) is 2.22. The molecule has 1 amide bonds. The maximum Gasteiger partial charge on any atom is 0.256 e. The number of ether oxygens (including phenoxy) is 1. The predicted octanol–water partition coefficient (Wildman–Crippen LogP) is 2.24. The van der Waals surface area contributed by atoms with Gasteiger partial charge in [0.05, 0.1) is 7.11 Å². The number of aryl methyl sites for hydroxylation is 1. The van der Waals surface area contributed by atoms with Crippen molar-refractivity contribution in [3.63, 3.8) is 0 Å². The lowest BCUT2D eigenvalue weighted by Gasteiger charge is -2.02. The van der Waals surface area contributed by atoms with Gasteiger partial charge < -0.3 is 14.6 Å². The predicted molar refractivity (Wildman–Crippen MR) is 62.2 cm³/mol. The van der Waals surface area contributed by atoms with Gasteiger partial charge in [-0.1, -0.05) is 5.16 Å². The van der Waals surface area contributed by atoms with Gasteiger partial charge in [-0.2, -0.15) is 0 Å². The van der Waals surface area contributed by atoms with Gasteiger partial charge in [0.2, 0.25) is 0 Å². The molecule has 1 N–H and O–H groups in total. The Kier molecular flexibility index (Phi) is 3.09. The number of hydrogen-bond donors (Lipinski definition) is 1. The molecule has 1 aromatic carbocycles. The Morgan fingerprint density at radius 1 is 1.35 bits per heavy atom. The molecular weight excluding hydrogens is 220 g/mol. The molecule has 5 nitrogen and oxygen atoms in total. The maximum atomic E-state index is 11.8. The summed E-state index contributed by atoms with van der Waals surface area (Å²) < 4.78 is 9.86. The summed E-state index contributed by atoms with van der Waals surface area (Å²) in [6.07, 6.45) is 0. The van der Waals surface area contributed by atoms with E-state index in [1.807, 2.05) is 0 Å². The molecule has 2 rings (SSSR count). The summed E-state index contributed by atoms with van der Waals surface area (Å²) in [5.41, 5.74) is 0.534. The Balaban J connectivity index is 2.09. The first-order chi connectivity index (χ1) is 8.19. The number of aromatic nitrogens is 1. The molecule has 0 bridgehead atoms. The first-order valence-electron chi connectivity index (χ1n) is 5.08. The van der Waals surface area contributed by atoms with Gasteiger partial charge >= 0.3 is 0 Å². The van der Waals surface area contributed by atoms with Crippen LogP contribution in [0.1, 0.15) is 16.1 Å². The SMILES string of the molecule is COc1ccc(C(=O)Nc2cc(C)on2)cc1. The van der Waals surface area contributed by atoms with E-state index in [9.17, 15) is 4.79 Å². The monoisotopic (exact) mass is 232 g/mol. The van der Waals surface area contributed by atoms with Crippen molar-refractivity contribution < 1.29 is 14.1 Å². The van der Waals surface area contributed by atoms with Crippen LogP contribution in [0, 0.1) is 6.92 Å². The minimum Gasteiger partial charge on any atom is -0.497 e. The molecule has 0 aliphatic carbocycles. The number of methoxy groups -OCH3 is 1. The van der Waals surface area contributed by atoms with E-state index < -0.39 is 0 Å². The summed E-state index contributed by atoms with van der Waals surface area (Å²) in [6.45, 7) is 1.76. The Hall–Kier alpha value is -2.30. The highest BCUT2D eigenvalue weighted by Gasteiger charge is 2.08. The second-order valence-corrected chi connectivity index (χ2v) is 3.51. The average Bonchev–Trinajstić information content (AvgIpc) is 2.75. The van der Waals surface area contributed by atoms with Gasteiger partial charge in [-0.3, -0.25) is 4.79 Å². The molecule has 0 aliphatic heterocycles. The van der Waals surface area contributed by atoms with Gasteiger partial charge in [-0.15, -0.1) is 0 Å². The highest BCUT2D eigenvalue weighted by atomic mass is 16.5. The van der Waals surface area contributed by atoms with E-state index in [0.717, 1.165) is 0 Å². The van der Waals surface area contributed by atoms with E-state index in [2.05, 4.69) is 10.5 Å². The second-order valence-electron chi connectivity index (χ2n) is 3.51. The number of benzene rings is 1. The first kappa shape index (κ1) is 11.2. The van der Waals surface area contributed by atoms with Crippen molar-refractivity contribution in [2.24, 2.45) is 0 Å². The highest BCUT2D eigenvalue weighted by molar-refractivity contribution is 6.03. The molecule has 5 heteroatoms. The lowest BCUT2D eigenvalue weighted by Crippen LogP contribution is -2.11. The van der Waals surface area contributed by atoms with Crippen LogP contribution in [0.4, 0.5) is 5.82 Å². The lowest BCUT2D eigenvalue weighted by molar-refractivity contribution is 0.102. The number of rotatable bonds is 3. The van der Waals surface area contributed by atoms with Crippen molar-refractivity contribution in [2.75, 3.05) is 12.4 Å². The highest BCUT2D eigenvalue weighted by Crippen LogP contribution is 2.13. The Morgan fingerprint density at radius 2 is 2.06 bits per heavy atom. The second kappa shape index (κ2) is 4.69. The fourth-order valence-electron chi connectivity index (χ4n) is 1.36. The zero-order valence-electron chi connectivity index (χ0n) is 9.56. The summed E-state index contributed by atoms with van der Waals surface area (Å²) in [4.78, 5) is 11.8. The average molecular weight is 232 g/mol. The minimum atomic E-state index is -0.235. The Labute approximate surface area is 98.4 Å². The van der Waals surface area contributed by atoms with Crippen LogP contribution in [0.25, 0.3) is 0 Å². The molecule has 0 saturated heterocycles. The van der Waals surface area contributed by atoms with Gasteiger partial charge in [-0.05, 0) is 31.2 Å². The van der Waals surface area contributed by atoms with E-state index in [4.69, 9.17) is 9.26 Å². The standard InChI is InChI=1S/C12H12N2O3/c1-8-7-11(14-17-8)13-12(15)9-3-5-10(16-2)6-4-9/h3-7H,1-2H3,(H,13,14,15). The molecule has 1 aromatic heterocycles. The number of hydrogen-bond acceptors (Lipinski definition) is 4. The van der Waals surface area contributed by atoms with E-state index in [0.29, 0.717) is 22.9 Å². The molecule has 17 heavy (non-hydrogen) atoms. The number of carbonyl (C=O) groups excluding carboxylic acids is 1. The molecule has 0 atom stereocenters. The molecule has 0 aliphatic rings. The lowest BCUT2D eigenvalue weighted by atomic mass is 10.2. The minimum absolute atomic E-state index is 0.235. The Morgan fingerprint density at radius 3 is 2.59 bits per heavy atom. The third kappa shape index (κ3) is 2.63. The van der Waals surface area contributed by atoms with Crippen LogP contribution in [0.3, 0.4) is 0 Å². The van der Waals surface area contributed by atoms with Crippen LogP contribution in [-0.4, -0.2) is 18.2 Å². The van der Waals surface area contributed by atoms with Crippen molar-refractivity contribution in [1.29, 1.82) is 0 Å². The van der Waals surface area contributed by atoms with Gasteiger partial charge in [-0.25, -0.2) is 0 Å². The van der Waals surface area contributed by atoms with Crippen molar-refractivity contribution in [3.8, 4) is 5.75 Å². The number of amides is 1. The smallest absolute Gasteiger partial charge is 0.256 e. The quantitative estimate of drug-likeness (QED) is 0.881. The zero-order chi connectivity index (χ0) is 12.3. The first-order valence-corrected chi connectivity index (χ1v) is 5.08. The van der Waals surface area contributed by atoms with Crippen LogP contribution >= 0.6 is 0 Å². The van der Waals surface area contributed by atoms with Crippen LogP contribution in [0.15, 0.2) is 34.9 Å². The summed E-state index contributed by atoms with van der Waals surface area (Å²) in [5.74, 6) is 1.53. The van der Waals surface area contributed by atoms with Crippen LogP contribution in [-0.2, 0) is 0 Å². The number of anilines is 1. The van der Waals surface area contributed by atoms with Gasteiger partial charge in [0.1, 0.15) is 11.5 Å². The van der Waals surface area contributed by atoms with Gasteiger partial charge in [0, 0.05) is 11.6 Å². The number of nitrogens with zero attached hydrogens (tertiary/aromatic N) is 1. The van der Waals surface area contributed by atoms with E-state index in [-0.39, 0.29) is 5.91 Å². The van der Waals surface area contributed by atoms with Crippen molar-refractivity contribution in [2.45, 2.75) is 6.92 Å². The normalized spacial score (nSPS) is 10.0. The summed E-state index contributed by atoms with van der Waals surface area (Å²) in [6, 6.07) is 8.47. The van der Waals surface area contributed by atoms with Crippen molar-refractivity contribution in [3.05, 3.63) is 41.7 Å². The summed E-state index contributed by atoms with van der Waals surface area (Å²) in [7, 11) is 1.58. The number of nitrogens with one attached hydrogen (secondary N) is 1. The fourth-order valence-corrected chi connectivity index (χ4v) is 1.36. The van der Waals surface area contributed by atoms with Crippen molar-refractivity contribution in [1.82, 2.24) is 5.16 Å². The zero-order valence-corrected chi connectivity index (χ0v) is 9.56. The molecule has 1 heterocycles. The van der Waals surface area contributed by atoms with Crippen LogP contribution < -0.4 is 10.1 Å². The van der Waals surface area contributed by atoms with Crippen LogP contribution in [0.5, 0.6) is 5.75 Å². The molecule has 0 spiro atoms. The topological polar surface area (TPSA) is 64.4 Å². The number of carbonyl (C=O) groups is 1. The van der Waals surface area contributed by atoms with E-state index >= 15 is 0 Å². The van der Waals surface area contributed by atoms with E-state index in [1.54, 1.807) is 44.4 Å². The van der Waals surface area contributed by atoms with Crippen LogP contribution in [0.2, 0.25) is 0 Å². The summed E-state index contributed by atoms with van der Waals surface area (Å²) in [5, 5.41) is 6.32. The molecule has 0 fully saturated rings. The summed E-state index contributed by atoms with van der Waals surface area (Å²) >= 11 is 0. The molecule has 0 saturated carbocycles. The maximum absolute atomic E-state index is 11.8. The largest absolute Gasteiger partial charge is 0.497 e. The van der Waals surface area contributed by atoms with Gasteiger partial charge in [0.25, 0.3) is 5.91 Å². The molecule has 2 aromatic rings. The fraction of sp³-hybridized carbons (Fsp3) is 0.167. The molecule has 88 valence electrons.